The first-order valence-electron chi connectivity index (χ1n) is 6.58. The zero-order valence-electron chi connectivity index (χ0n) is 11.8. The summed E-state index contributed by atoms with van der Waals surface area (Å²) in [4.78, 5) is 23.9. The maximum Gasteiger partial charge on any atom is 0.340 e. The number of carbonyl (C=O) groups is 2. The van der Waals surface area contributed by atoms with Crippen LogP contribution in [0.15, 0.2) is 59.5 Å². The highest BCUT2D eigenvalue weighted by molar-refractivity contribution is 7.99. The van der Waals surface area contributed by atoms with Crippen molar-refractivity contribution in [3.05, 3.63) is 65.7 Å². The molecule has 7 heteroatoms. The highest BCUT2D eigenvalue weighted by Gasteiger charge is 2.25. The summed E-state index contributed by atoms with van der Waals surface area (Å²) in [5.74, 6) is -4.41. The van der Waals surface area contributed by atoms with Gasteiger partial charge in [-0.2, -0.15) is 8.78 Å². The number of amides is 1. The van der Waals surface area contributed by atoms with E-state index in [9.17, 15) is 18.4 Å². The molecule has 23 heavy (non-hydrogen) atoms. The van der Waals surface area contributed by atoms with E-state index in [-0.39, 0.29) is 22.2 Å². The molecule has 0 aliphatic heterocycles. The number of benzene rings is 2. The van der Waals surface area contributed by atoms with Crippen LogP contribution in [0, 0.1) is 0 Å². The lowest BCUT2D eigenvalue weighted by molar-refractivity contribution is -0.127. The van der Waals surface area contributed by atoms with E-state index in [4.69, 9.17) is 10.5 Å². The largest absolute Gasteiger partial charge is 0.444 e. The number of primary amides is 1. The van der Waals surface area contributed by atoms with Crippen molar-refractivity contribution in [2.24, 2.45) is 5.73 Å². The van der Waals surface area contributed by atoms with Gasteiger partial charge in [-0.15, -0.1) is 0 Å². The van der Waals surface area contributed by atoms with Crippen LogP contribution < -0.4 is 5.73 Å². The summed E-state index contributed by atoms with van der Waals surface area (Å²) in [6, 6.07) is 14.0. The molecule has 0 unspecified atom stereocenters. The maximum absolute atomic E-state index is 12.6. The van der Waals surface area contributed by atoms with Gasteiger partial charge in [0.05, 0.1) is 5.56 Å². The van der Waals surface area contributed by atoms with Gasteiger partial charge in [0.15, 0.2) is 0 Å². The zero-order valence-corrected chi connectivity index (χ0v) is 12.6. The SMILES string of the molecule is NC(=O)[C@H](OC(=O)c1ccccc1SC(F)F)c1ccccc1. The van der Waals surface area contributed by atoms with Crippen LogP contribution in [0.4, 0.5) is 8.78 Å². The molecule has 0 aliphatic rings. The van der Waals surface area contributed by atoms with E-state index < -0.39 is 23.7 Å². The Morgan fingerprint density at radius 1 is 1.00 bits per heavy atom. The molecule has 0 aliphatic carbocycles. The van der Waals surface area contributed by atoms with Crippen molar-refractivity contribution in [3.8, 4) is 0 Å². The number of thioether (sulfide) groups is 1. The lowest BCUT2D eigenvalue weighted by atomic mass is 10.1. The van der Waals surface area contributed by atoms with Crippen molar-refractivity contribution in [1.29, 1.82) is 0 Å². The topological polar surface area (TPSA) is 69.4 Å². The average Bonchev–Trinajstić information content (AvgIpc) is 2.53. The molecule has 0 heterocycles. The minimum absolute atomic E-state index is 0.0417. The smallest absolute Gasteiger partial charge is 0.340 e. The van der Waals surface area contributed by atoms with Crippen molar-refractivity contribution in [1.82, 2.24) is 0 Å². The predicted octanol–water partition coefficient (Wildman–Crippen LogP) is 3.38. The predicted molar refractivity (Wildman–Crippen MR) is 82.1 cm³/mol. The first-order chi connectivity index (χ1) is 11.0. The number of esters is 1. The fourth-order valence-electron chi connectivity index (χ4n) is 1.92. The molecule has 2 aromatic carbocycles. The van der Waals surface area contributed by atoms with E-state index in [1.165, 1.54) is 24.3 Å². The molecule has 0 radical (unpaired) electrons. The first kappa shape index (κ1) is 17.0. The monoisotopic (exact) mass is 337 g/mol. The number of carbonyl (C=O) groups excluding carboxylic acids is 2. The Morgan fingerprint density at radius 3 is 2.22 bits per heavy atom. The molecule has 0 saturated carbocycles. The van der Waals surface area contributed by atoms with Crippen molar-refractivity contribution < 1.29 is 23.1 Å². The standard InChI is InChI=1S/C16H13F2NO3S/c17-16(18)23-12-9-5-4-8-11(12)15(21)22-13(14(19)20)10-6-2-1-3-7-10/h1-9,13,16H,(H2,19,20)/t13-/m1/s1. The van der Waals surface area contributed by atoms with Crippen LogP contribution in [0.3, 0.4) is 0 Å². The lowest BCUT2D eigenvalue weighted by Crippen LogP contribution is -2.26. The quantitative estimate of drug-likeness (QED) is 0.648. The van der Waals surface area contributed by atoms with Crippen molar-refractivity contribution in [2.45, 2.75) is 16.8 Å². The molecule has 0 bridgehead atoms. The Balaban J connectivity index is 2.25. The summed E-state index contributed by atoms with van der Waals surface area (Å²) in [5, 5.41) is 0. The number of halogens is 2. The highest BCUT2D eigenvalue weighted by atomic mass is 32.2. The molecule has 2 rings (SSSR count). The maximum atomic E-state index is 12.6. The second-order valence-corrected chi connectivity index (χ2v) is 5.50. The van der Waals surface area contributed by atoms with E-state index in [0.29, 0.717) is 5.56 Å². The van der Waals surface area contributed by atoms with E-state index in [1.54, 1.807) is 30.3 Å². The molecule has 1 atom stereocenters. The molecule has 0 spiro atoms. The van der Waals surface area contributed by atoms with Gasteiger partial charge in [-0.3, -0.25) is 4.79 Å². The van der Waals surface area contributed by atoms with Gasteiger partial charge in [0, 0.05) is 10.5 Å². The van der Waals surface area contributed by atoms with Crippen LogP contribution in [-0.2, 0) is 9.53 Å². The minimum atomic E-state index is -2.68. The van der Waals surface area contributed by atoms with Gasteiger partial charge >= 0.3 is 5.97 Å². The molecule has 0 aromatic heterocycles. The van der Waals surface area contributed by atoms with Gasteiger partial charge in [0.1, 0.15) is 0 Å². The Hall–Kier alpha value is -2.41. The fraction of sp³-hybridized carbons (Fsp3) is 0.125. The third-order valence-corrected chi connectivity index (χ3v) is 3.70. The second-order valence-electron chi connectivity index (χ2n) is 4.47. The summed E-state index contributed by atoms with van der Waals surface area (Å²) < 4.78 is 30.2. The molecule has 120 valence electrons. The van der Waals surface area contributed by atoms with Gasteiger partial charge in [-0.05, 0) is 12.1 Å². The van der Waals surface area contributed by atoms with E-state index in [0.717, 1.165) is 0 Å². The van der Waals surface area contributed by atoms with E-state index in [1.807, 2.05) is 0 Å². The second kappa shape index (κ2) is 7.73. The number of nitrogens with two attached hydrogens (primary N) is 1. The number of hydrogen-bond donors (Lipinski definition) is 1. The molecule has 0 fully saturated rings. The number of rotatable bonds is 6. The first-order valence-corrected chi connectivity index (χ1v) is 7.46. The summed E-state index contributed by atoms with van der Waals surface area (Å²) in [7, 11) is 0. The van der Waals surface area contributed by atoms with Crippen LogP contribution >= 0.6 is 11.8 Å². The molecule has 2 aromatic rings. The fourth-order valence-corrected chi connectivity index (χ4v) is 2.55. The molecule has 0 saturated heterocycles. The summed E-state index contributed by atoms with van der Waals surface area (Å²) in [5.41, 5.74) is 5.64. The summed E-state index contributed by atoms with van der Waals surface area (Å²) in [6.07, 6.45) is -1.28. The van der Waals surface area contributed by atoms with Crippen molar-refractivity contribution in [2.75, 3.05) is 0 Å². The Bertz CT molecular complexity index is 695. The minimum Gasteiger partial charge on any atom is -0.444 e. The molecular formula is C16H13F2NO3S. The lowest BCUT2D eigenvalue weighted by Gasteiger charge is -2.16. The van der Waals surface area contributed by atoms with Crippen LogP contribution in [-0.4, -0.2) is 17.6 Å². The van der Waals surface area contributed by atoms with Gasteiger partial charge in [-0.1, -0.05) is 54.2 Å². The highest BCUT2D eigenvalue weighted by Crippen LogP contribution is 2.30. The number of alkyl halides is 2. The van der Waals surface area contributed by atoms with Crippen molar-refractivity contribution in [3.63, 3.8) is 0 Å². The number of hydrogen-bond acceptors (Lipinski definition) is 4. The normalized spacial score (nSPS) is 12.0. The van der Waals surface area contributed by atoms with Crippen LogP contribution in [0.2, 0.25) is 0 Å². The van der Waals surface area contributed by atoms with Gasteiger partial charge in [0.25, 0.3) is 11.7 Å². The molecule has 1 amide bonds. The van der Waals surface area contributed by atoms with E-state index in [2.05, 4.69) is 0 Å². The van der Waals surface area contributed by atoms with Crippen LogP contribution in [0.1, 0.15) is 22.0 Å². The summed E-state index contributed by atoms with van der Waals surface area (Å²) in [6.45, 7) is 0. The Kier molecular flexibility index (Phi) is 5.70. The molecule has 4 nitrogen and oxygen atoms in total. The number of ether oxygens (including phenoxy) is 1. The Labute approximate surface area is 135 Å². The third-order valence-electron chi connectivity index (χ3n) is 2.91. The van der Waals surface area contributed by atoms with E-state index >= 15 is 0 Å². The van der Waals surface area contributed by atoms with Gasteiger partial charge < -0.3 is 10.5 Å². The zero-order chi connectivity index (χ0) is 16.8. The third kappa shape index (κ3) is 4.53. The average molecular weight is 337 g/mol. The molecule has 2 N–H and O–H groups in total. The van der Waals surface area contributed by atoms with Crippen LogP contribution in [0.25, 0.3) is 0 Å². The van der Waals surface area contributed by atoms with Gasteiger partial charge in [-0.25, -0.2) is 4.79 Å². The molecular weight excluding hydrogens is 324 g/mol. The van der Waals surface area contributed by atoms with Crippen LogP contribution in [0.5, 0.6) is 0 Å². The Morgan fingerprint density at radius 2 is 1.61 bits per heavy atom. The summed E-state index contributed by atoms with van der Waals surface area (Å²) >= 11 is 0.234. The van der Waals surface area contributed by atoms with Gasteiger partial charge in [0.2, 0.25) is 6.10 Å². The van der Waals surface area contributed by atoms with Crippen molar-refractivity contribution >= 4 is 23.6 Å².